The minimum atomic E-state index is -0.275. The average molecular weight is 281 g/mol. The molecule has 0 radical (unpaired) electrons. The summed E-state index contributed by atoms with van der Waals surface area (Å²) in [7, 11) is 0. The van der Waals surface area contributed by atoms with Crippen LogP contribution in [0.2, 0.25) is 0 Å². The number of anilines is 1. The van der Waals surface area contributed by atoms with E-state index in [1.54, 1.807) is 6.07 Å². The lowest BCUT2D eigenvalue weighted by atomic mass is 10.1. The Morgan fingerprint density at radius 3 is 2.35 bits per heavy atom. The van der Waals surface area contributed by atoms with Crippen molar-refractivity contribution in [3.63, 3.8) is 0 Å². The van der Waals surface area contributed by atoms with Gasteiger partial charge in [-0.05, 0) is 25.8 Å². The summed E-state index contributed by atoms with van der Waals surface area (Å²) in [6.07, 6.45) is 1.31. The molecule has 1 aromatic rings. The second kappa shape index (κ2) is 7.58. The van der Waals surface area contributed by atoms with E-state index in [0.29, 0.717) is 24.5 Å². The van der Waals surface area contributed by atoms with Gasteiger partial charge in [-0.1, -0.05) is 27.7 Å². The van der Waals surface area contributed by atoms with E-state index in [4.69, 9.17) is 0 Å². The summed E-state index contributed by atoms with van der Waals surface area (Å²) < 4.78 is 13.5. The minimum absolute atomic E-state index is 0.275. The van der Waals surface area contributed by atoms with Crippen LogP contribution in [0, 0.1) is 11.7 Å². The van der Waals surface area contributed by atoms with Crippen molar-refractivity contribution >= 4 is 5.82 Å². The molecule has 1 rings (SSSR count). The summed E-state index contributed by atoms with van der Waals surface area (Å²) >= 11 is 0. The maximum Gasteiger partial charge on any atom is 0.141 e. The Morgan fingerprint density at radius 2 is 1.85 bits per heavy atom. The van der Waals surface area contributed by atoms with Crippen molar-refractivity contribution < 1.29 is 4.39 Å². The molecule has 0 aliphatic rings. The van der Waals surface area contributed by atoms with Gasteiger partial charge >= 0.3 is 0 Å². The molecule has 0 fully saturated rings. The highest BCUT2D eigenvalue weighted by Crippen LogP contribution is 2.22. The molecule has 0 aliphatic heterocycles. The first-order chi connectivity index (χ1) is 9.31. The molecule has 3 nitrogen and oxygen atoms in total. The molecular formula is C16H28FN3. The number of nitrogens with one attached hydrogen (secondary N) is 1. The molecule has 0 unspecified atom stereocenters. The van der Waals surface area contributed by atoms with Gasteiger partial charge in [0.15, 0.2) is 0 Å². The first kappa shape index (κ1) is 16.9. The molecule has 0 aromatic carbocycles. The van der Waals surface area contributed by atoms with Crippen LogP contribution in [0.25, 0.3) is 0 Å². The van der Waals surface area contributed by atoms with Crippen molar-refractivity contribution in [2.24, 2.45) is 5.92 Å². The van der Waals surface area contributed by atoms with Gasteiger partial charge in [-0.2, -0.15) is 0 Å². The van der Waals surface area contributed by atoms with Crippen molar-refractivity contribution in [2.45, 2.75) is 60.2 Å². The fraction of sp³-hybridized carbons (Fsp3) is 0.688. The third-order valence-electron chi connectivity index (χ3n) is 3.07. The molecule has 0 amide bonds. The van der Waals surface area contributed by atoms with Crippen LogP contribution in [0.4, 0.5) is 10.2 Å². The Bertz CT molecular complexity index is 416. The second-order valence-electron chi connectivity index (χ2n) is 6.31. The van der Waals surface area contributed by atoms with Gasteiger partial charge in [0.2, 0.25) is 0 Å². The summed E-state index contributed by atoms with van der Waals surface area (Å²) in [5.41, 5.74) is 0.924. The Balaban J connectivity index is 3.06. The highest BCUT2D eigenvalue weighted by atomic mass is 19.1. The van der Waals surface area contributed by atoms with Crippen LogP contribution in [0.15, 0.2) is 12.3 Å². The molecule has 114 valence electrons. The number of nitrogens with zero attached hydrogens (tertiary/aromatic N) is 2. The lowest BCUT2D eigenvalue weighted by Crippen LogP contribution is -2.36. The maximum atomic E-state index is 13.5. The summed E-state index contributed by atoms with van der Waals surface area (Å²) in [5, 5.41) is 3.34. The van der Waals surface area contributed by atoms with E-state index in [2.05, 4.69) is 56.7 Å². The average Bonchev–Trinajstić information content (AvgIpc) is 2.33. The molecule has 20 heavy (non-hydrogen) atoms. The van der Waals surface area contributed by atoms with Gasteiger partial charge < -0.3 is 10.2 Å². The molecule has 1 aromatic heterocycles. The maximum absolute atomic E-state index is 13.5. The van der Waals surface area contributed by atoms with Gasteiger partial charge in [0.05, 0.1) is 6.20 Å². The molecule has 0 atom stereocenters. The van der Waals surface area contributed by atoms with Gasteiger partial charge in [-0.3, -0.25) is 0 Å². The number of hydrogen-bond donors (Lipinski definition) is 1. The van der Waals surface area contributed by atoms with E-state index in [0.717, 1.165) is 17.9 Å². The Hall–Kier alpha value is -1.16. The lowest BCUT2D eigenvalue weighted by Gasteiger charge is -2.31. The van der Waals surface area contributed by atoms with Gasteiger partial charge in [0.1, 0.15) is 11.6 Å². The zero-order valence-corrected chi connectivity index (χ0v) is 13.6. The first-order valence-corrected chi connectivity index (χ1v) is 7.45. The van der Waals surface area contributed by atoms with Crippen molar-refractivity contribution in [2.75, 3.05) is 11.4 Å². The number of pyridine rings is 1. The number of aromatic nitrogens is 1. The molecule has 1 N–H and O–H groups in total. The number of halogens is 1. The smallest absolute Gasteiger partial charge is 0.141 e. The first-order valence-electron chi connectivity index (χ1n) is 7.45. The number of rotatable bonds is 7. The van der Waals surface area contributed by atoms with Crippen LogP contribution >= 0.6 is 0 Å². The molecule has 0 spiro atoms. The quantitative estimate of drug-likeness (QED) is 0.828. The summed E-state index contributed by atoms with van der Waals surface area (Å²) in [5.74, 6) is 1.15. The molecular weight excluding hydrogens is 253 g/mol. The van der Waals surface area contributed by atoms with E-state index in [1.807, 2.05) is 0 Å². The fourth-order valence-corrected chi connectivity index (χ4v) is 2.11. The molecule has 0 saturated heterocycles. The number of hydrogen-bond acceptors (Lipinski definition) is 3. The van der Waals surface area contributed by atoms with Crippen molar-refractivity contribution in [3.05, 3.63) is 23.6 Å². The standard InChI is InChI=1S/C16H28FN3/c1-11(2)10-20(13(5)6)16-14(8-18-12(3)4)7-15(17)9-19-16/h7,9,11-13,18H,8,10H2,1-6H3. The normalized spacial score (nSPS) is 11.7. The highest BCUT2D eigenvalue weighted by molar-refractivity contribution is 5.47. The van der Waals surface area contributed by atoms with Crippen LogP contribution in [-0.2, 0) is 6.54 Å². The summed E-state index contributed by atoms with van der Waals surface area (Å²) in [6, 6.07) is 2.30. The van der Waals surface area contributed by atoms with E-state index in [9.17, 15) is 4.39 Å². The van der Waals surface area contributed by atoms with Crippen LogP contribution < -0.4 is 10.2 Å². The molecule has 0 bridgehead atoms. The molecule has 1 heterocycles. The third kappa shape index (κ3) is 5.08. The zero-order chi connectivity index (χ0) is 15.3. The monoisotopic (exact) mass is 281 g/mol. The fourth-order valence-electron chi connectivity index (χ4n) is 2.11. The van der Waals surface area contributed by atoms with Crippen LogP contribution in [0.1, 0.15) is 47.1 Å². The predicted octanol–water partition coefficient (Wildman–Crippen LogP) is 3.59. The van der Waals surface area contributed by atoms with Crippen LogP contribution in [0.5, 0.6) is 0 Å². The van der Waals surface area contributed by atoms with Gasteiger partial charge in [0.25, 0.3) is 0 Å². The van der Waals surface area contributed by atoms with Crippen molar-refractivity contribution in [1.82, 2.24) is 10.3 Å². The van der Waals surface area contributed by atoms with Crippen LogP contribution in [-0.4, -0.2) is 23.6 Å². The Morgan fingerprint density at radius 1 is 1.20 bits per heavy atom. The SMILES string of the molecule is CC(C)CN(c1ncc(F)cc1CNC(C)C)C(C)C. The highest BCUT2D eigenvalue weighted by Gasteiger charge is 2.18. The van der Waals surface area contributed by atoms with Crippen molar-refractivity contribution in [3.8, 4) is 0 Å². The zero-order valence-electron chi connectivity index (χ0n) is 13.6. The predicted molar refractivity (Wildman–Crippen MR) is 83.5 cm³/mol. The van der Waals surface area contributed by atoms with E-state index >= 15 is 0 Å². The van der Waals surface area contributed by atoms with E-state index in [1.165, 1.54) is 6.20 Å². The largest absolute Gasteiger partial charge is 0.354 e. The topological polar surface area (TPSA) is 28.2 Å². The van der Waals surface area contributed by atoms with Crippen molar-refractivity contribution in [1.29, 1.82) is 0 Å². The van der Waals surface area contributed by atoms with Crippen LogP contribution in [0.3, 0.4) is 0 Å². The van der Waals surface area contributed by atoms with Gasteiger partial charge in [-0.25, -0.2) is 9.37 Å². The van der Waals surface area contributed by atoms with E-state index in [-0.39, 0.29) is 5.82 Å². The minimum Gasteiger partial charge on any atom is -0.354 e. The van der Waals surface area contributed by atoms with Gasteiger partial charge in [-0.15, -0.1) is 0 Å². The Kier molecular flexibility index (Phi) is 6.40. The van der Waals surface area contributed by atoms with E-state index < -0.39 is 0 Å². The second-order valence-corrected chi connectivity index (χ2v) is 6.31. The lowest BCUT2D eigenvalue weighted by molar-refractivity contribution is 0.549. The Labute approximate surface area is 122 Å². The molecule has 0 aliphatic carbocycles. The molecule has 0 saturated carbocycles. The summed E-state index contributed by atoms with van der Waals surface area (Å²) in [4.78, 5) is 6.59. The summed E-state index contributed by atoms with van der Waals surface area (Å²) in [6.45, 7) is 14.4. The van der Waals surface area contributed by atoms with Gasteiger partial charge in [0, 0.05) is 30.7 Å². The third-order valence-corrected chi connectivity index (χ3v) is 3.07. The molecule has 4 heteroatoms.